The van der Waals surface area contributed by atoms with E-state index >= 15 is 0 Å². The van der Waals surface area contributed by atoms with Crippen LogP contribution in [0.25, 0.3) is 0 Å². The van der Waals surface area contributed by atoms with E-state index < -0.39 is 5.97 Å². The van der Waals surface area contributed by atoms with Gasteiger partial charge in [0.2, 0.25) is 0 Å². The van der Waals surface area contributed by atoms with Crippen LogP contribution in [0.1, 0.15) is 13.3 Å². The van der Waals surface area contributed by atoms with Crippen LogP contribution in [0.2, 0.25) is 0 Å². The Bertz CT molecular complexity index is 285. The third-order valence-corrected chi connectivity index (χ3v) is 1.50. The van der Waals surface area contributed by atoms with Gasteiger partial charge in [0, 0.05) is 5.57 Å². The third-order valence-electron chi connectivity index (χ3n) is 1.50. The van der Waals surface area contributed by atoms with Crippen molar-refractivity contribution in [3.63, 3.8) is 0 Å². The minimum absolute atomic E-state index is 0.236. The summed E-state index contributed by atoms with van der Waals surface area (Å²) < 4.78 is 4.39. The maximum absolute atomic E-state index is 11.4. The Morgan fingerprint density at radius 2 is 2.07 bits per heavy atom. The molecule has 0 fully saturated rings. The predicted molar refractivity (Wildman–Crippen MR) is 54.7 cm³/mol. The first-order valence-corrected chi connectivity index (χ1v) is 4.21. The normalized spacial score (nSPS) is 11.4. The Kier molecular flexibility index (Phi) is 6.03. The fourth-order valence-corrected chi connectivity index (χ4v) is 0.853. The van der Waals surface area contributed by atoms with Gasteiger partial charge in [0.1, 0.15) is 6.42 Å². The van der Waals surface area contributed by atoms with Gasteiger partial charge in [0.05, 0.1) is 7.11 Å². The van der Waals surface area contributed by atoms with Crippen LogP contribution in [0.4, 0.5) is 0 Å². The summed E-state index contributed by atoms with van der Waals surface area (Å²) in [7, 11) is 1.25. The molecule has 0 aromatic carbocycles. The summed E-state index contributed by atoms with van der Waals surface area (Å²) >= 11 is 0. The number of allylic oxidation sites excluding steroid dienone is 5. The lowest BCUT2D eigenvalue weighted by Crippen LogP contribution is -2.10. The van der Waals surface area contributed by atoms with Crippen LogP contribution in [0, 0.1) is 0 Å². The van der Waals surface area contributed by atoms with E-state index in [0.717, 1.165) is 0 Å². The van der Waals surface area contributed by atoms with E-state index in [1.807, 2.05) is 0 Å². The summed E-state index contributed by atoms with van der Waals surface area (Å²) in [5.74, 6) is -0.802. The largest absolute Gasteiger partial charge is 0.469 e. The van der Waals surface area contributed by atoms with Crippen molar-refractivity contribution in [2.24, 2.45) is 0 Å². The molecule has 0 aliphatic rings. The number of Topliss-reactive ketones (excluding diaryl/α,β-unsaturated/α-hetero) is 1. The lowest BCUT2D eigenvalue weighted by molar-refractivity contribution is -0.142. The lowest BCUT2D eigenvalue weighted by atomic mass is 10.1. The number of rotatable bonds is 5. The zero-order valence-corrected chi connectivity index (χ0v) is 8.45. The Labute approximate surface area is 83.8 Å². The zero-order chi connectivity index (χ0) is 11.0. The Morgan fingerprint density at radius 3 is 2.50 bits per heavy atom. The van der Waals surface area contributed by atoms with Gasteiger partial charge in [-0.15, -0.1) is 0 Å². The van der Waals surface area contributed by atoms with Crippen LogP contribution in [0.3, 0.4) is 0 Å². The molecule has 0 aliphatic carbocycles. The summed E-state index contributed by atoms with van der Waals surface area (Å²) in [6, 6.07) is 0. The third kappa shape index (κ3) is 4.40. The summed E-state index contributed by atoms with van der Waals surface area (Å²) in [6.07, 6.45) is 6.19. The zero-order valence-electron chi connectivity index (χ0n) is 8.45. The molecule has 0 atom stereocenters. The Balaban J connectivity index is 4.53. The number of hydrogen-bond acceptors (Lipinski definition) is 3. The van der Waals surface area contributed by atoms with Gasteiger partial charge in [-0.1, -0.05) is 30.9 Å². The first kappa shape index (κ1) is 12.4. The van der Waals surface area contributed by atoms with Crippen LogP contribution >= 0.6 is 0 Å². The molecule has 0 spiro atoms. The van der Waals surface area contributed by atoms with Crippen molar-refractivity contribution in [2.75, 3.05) is 7.11 Å². The number of hydrogen-bond donors (Lipinski definition) is 0. The summed E-state index contributed by atoms with van der Waals surface area (Å²) in [4.78, 5) is 22.2. The summed E-state index contributed by atoms with van der Waals surface area (Å²) in [5, 5.41) is 0. The van der Waals surface area contributed by atoms with Crippen LogP contribution in [0.15, 0.2) is 36.5 Å². The molecule has 76 valence electrons. The van der Waals surface area contributed by atoms with Crippen LogP contribution in [-0.4, -0.2) is 18.9 Å². The average Bonchev–Trinajstić information content (AvgIpc) is 2.17. The number of ether oxygens (including phenoxy) is 1. The molecule has 0 N–H and O–H groups in total. The molecule has 0 aliphatic heterocycles. The molecule has 0 aromatic rings. The van der Waals surface area contributed by atoms with E-state index in [1.165, 1.54) is 13.2 Å². The summed E-state index contributed by atoms with van der Waals surface area (Å²) in [5.41, 5.74) is 0.452. The molecule has 14 heavy (non-hydrogen) atoms. The van der Waals surface area contributed by atoms with Crippen molar-refractivity contribution in [1.82, 2.24) is 0 Å². The van der Waals surface area contributed by atoms with Gasteiger partial charge in [-0.2, -0.15) is 0 Å². The van der Waals surface area contributed by atoms with Gasteiger partial charge < -0.3 is 4.74 Å². The number of methoxy groups -OCH3 is 1. The molecule has 0 unspecified atom stereocenters. The number of ketones is 1. The second-order valence-corrected chi connectivity index (χ2v) is 2.53. The molecule has 0 radical (unpaired) electrons. The van der Waals surface area contributed by atoms with Gasteiger partial charge in [-0.3, -0.25) is 9.59 Å². The smallest absolute Gasteiger partial charge is 0.313 e. The molecule has 3 heteroatoms. The van der Waals surface area contributed by atoms with Gasteiger partial charge in [0.15, 0.2) is 5.78 Å². The van der Waals surface area contributed by atoms with Crippen molar-refractivity contribution >= 4 is 11.8 Å². The van der Waals surface area contributed by atoms with Gasteiger partial charge in [-0.05, 0) is 6.92 Å². The van der Waals surface area contributed by atoms with Crippen molar-refractivity contribution in [1.29, 1.82) is 0 Å². The van der Waals surface area contributed by atoms with Gasteiger partial charge >= 0.3 is 5.97 Å². The Morgan fingerprint density at radius 1 is 1.43 bits per heavy atom. The fraction of sp³-hybridized carbons (Fsp3) is 0.273. The highest BCUT2D eigenvalue weighted by Crippen LogP contribution is 2.03. The standard InChI is InChI=1S/C11H14O3/c1-4-6-9(7-5-2)10(12)8-11(13)14-3/h4-7H,1,8H2,2-3H3/b7-5-,9-6+. The van der Waals surface area contributed by atoms with Crippen molar-refractivity contribution in [3.05, 3.63) is 36.5 Å². The van der Waals surface area contributed by atoms with Gasteiger partial charge in [-0.25, -0.2) is 0 Å². The quantitative estimate of drug-likeness (QED) is 0.290. The fourth-order valence-electron chi connectivity index (χ4n) is 0.853. The van der Waals surface area contributed by atoms with Crippen LogP contribution in [-0.2, 0) is 14.3 Å². The number of esters is 1. The van der Waals surface area contributed by atoms with E-state index in [2.05, 4.69) is 11.3 Å². The first-order valence-electron chi connectivity index (χ1n) is 4.21. The molecular weight excluding hydrogens is 180 g/mol. The van der Waals surface area contributed by atoms with E-state index in [1.54, 1.807) is 25.2 Å². The molecule has 0 aromatic heterocycles. The second-order valence-electron chi connectivity index (χ2n) is 2.53. The topological polar surface area (TPSA) is 43.4 Å². The number of carbonyl (C=O) groups excluding carboxylic acids is 2. The van der Waals surface area contributed by atoms with E-state index in [0.29, 0.717) is 5.57 Å². The first-order chi connectivity index (χ1) is 6.65. The lowest BCUT2D eigenvalue weighted by Gasteiger charge is -1.99. The van der Waals surface area contributed by atoms with Crippen molar-refractivity contribution in [2.45, 2.75) is 13.3 Å². The van der Waals surface area contributed by atoms with Crippen LogP contribution in [0.5, 0.6) is 0 Å². The monoisotopic (exact) mass is 194 g/mol. The molecule has 0 saturated carbocycles. The highest BCUT2D eigenvalue weighted by atomic mass is 16.5. The van der Waals surface area contributed by atoms with Crippen molar-refractivity contribution < 1.29 is 14.3 Å². The SMILES string of the molecule is C=C/C=C(\C=C/C)C(=O)CC(=O)OC. The second kappa shape index (κ2) is 6.83. The minimum Gasteiger partial charge on any atom is -0.469 e. The molecular formula is C11H14O3. The highest BCUT2D eigenvalue weighted by molar-refractivity contribution is 6.07. The van der Waals surface area contributed by atoms with E-state index in [4.69, 9.17) is 0 Å². The Hall–Kier alpha value is -1.64. The summed E-state index contributed by atoms with van der Waals surface area (Å²) in [6.45, 7) is 5.28. The maximum atomic E-state index is 11.4. The number of carbonyl (C=O) groups is 2. The molecule has 3 nitrogen and oxygen atoms in total. The van der Waals surface area contributed by atoms with E-state index in [-0.39, 0.29) is 12.2 Å². The van der Waals surface area contributed by atoms with Crippen LogP contribution < -0.4 is 0 Å². The minimum atomic E-state index is -0.533. The molecule has 0 rings (SSSR count). The average molecular weight is 194 g/mol. The molecule has 0 heterocycles. The molecule has 0 saturated heterocycles. The molecule has 0 amide bonds. The maximum Gasteiger partial charge on any atom is 0.313 e. The molecule has 0 bridgehead atoms. The predicted octanol–water partition coefficient (Wildman–Crippen LogP) is 1.81. The van der Waals surface area contributed by atoms with E-state index in [9.17, 15) is 9.59 Å². The van der Waals surface area contributed by atoms with Crippen molar-refractivity contribution in [3.8, 4) is 0 Å². The van der Waals surface area contributed by atoms with Gasteiger partial charge in [0.25, 0.3) is 0 Å². The highest BCUT2D eigenvalue weighted by Gasteiger charge is 2.11.